The third-order valence-electron chi connectivity index (χ3n) is 2.79. The van der Waals surface area contributed by atoms with Gasteiger partial charge in [-0.25, -0.2) is 0 Å². The van der Waals surface area contributed by atoms with Gasteiger partial charge in [-0.2, -0.15) is 0 Å². The zero-order valence-corrected chi connectivity index (χ0v) is 10.8. The van der Waals surface area contributed by atoms with Crippen molar-refractivity contribution < 1.29 is 0 Å². The Morgan fingerprint density at radius 3 is 2.35 bits per heavy atom. The topological polar surface area (TPSA) is 14.1 Å². The highest BCUT2D eigenvalue weighted by Gasteiger charge is 2.19. The molecule has 0 aliphatic rings. The van der Waals surface area contributed by atoms with Crippen molar-refractivity contribution in [2.75, 3.05) is 0 Å². The summed E-state index contributed by atoms with van der Waals surface area (Å²) in [7, 11) is 0. The first-order valence-electron chi connectivity index (χ1n) is 5.55. The zero-order chi connectivity index (χ0) is 12.3. The second-order valence-electron chi connectivity index (χ2n) is 4.12. The van der Waals surface area contributed by atoms with Gasteiger partial charge in [0.05, 0.1) is 11.1 Å². The largest absolute Gasteiger partial charge is 0.422 e. The summed E-state index contributed by atoms with van der Waals surface area (Å²) >= 11 is 4.93. The van der Waals surface area contributed by atoms with Crippen molar-refractivity contribution >= 4 is 18.1 Å². The van der Waals surface area contributed by atoms with E-state index in [2.05, 4.69) is 36.1 Å². The van der Waals surface area contributed by atoms with Crippen LogP contribution in [0.25, 0.3) is 0 Å². The first-order chi connectivity index (χ1) is 8.22. The van der Waals surface area contributed by atoms with Crippen LogP contribution in [0, 0.1) is 13.8 Å². The van der Waals surface area contributed by atoms with Gasteiger partial charge in [0.15, 0.2) is 0 Å². The van der Waals surface area contributed by atoms with Crippen LogP contribution < -0.4 is 4.04 Å². The van der Waals surface area contributed by atoms with Crippen LogP contribution in [-0.2, 0) is 12.4 Å². The molecule has 17 heavy (non-hydrogen) atoms. The highest BCUT2D eigenvalue weighted by atomic mass is 32.1. The van der Waals surface area contributed by atoms with Crippen molar-refractivity contribution in [3.63, 3.8) is 0 Å². The average molecular weight is 240 g/mol. The lowest BCUT2D eigenvalue weighted by Crippen LogP contribution is -2.08. The van der Waals surface area contributed by atoms with Crippen LogP contribution in [0.1, 0.15) is 22.3 Å². The van der Waals surface area contributed by atoms with E-state index in [-0.39, 0.29) is 0 Å². The molecule has 0 saturated carbocycles. The van der Waals surface area contributed by atoms with Crippen LogP contribution >= 0.6 is 0 Å². The fourth-order valence-corrected chi connectivity index (χ4v) is 2.05. The summed E-state index contributed by atoms with van der Waals surface area (Å²) in [5.74, 6) is 0. The van der Waals surface area contributed by atoms with E-state index in [1.807, 2.05) is 30.3 Å². The predicted octanol–water partition coefficient (Wildman–Crippen LogP) is 2.94. The Bertz CT molecular complexity index is 581. The van der Waals surface area contributed by atoms with E-state index >= 15 is 0 Å². The molecular weight excluding hydrogens is 226 g/mol. The lowest BCUT2D eigenvalue weighted by Gasteiger charge is -2.02. The van der Waals surface area contributed by atoms with Crippen LogP contribution in [0.15, 0.2) is 48.5 Å². The fraction of sp³-hybridized carbons (Fsp3) is 0.133. The van der Waals surface area contributed by atoms with Crippen LogP contribution in [0.4, 0.5) is 0 Å². The molecule has 0 N–H and O–H groups in total. The normalized spacial score (nSPS) is 9.76. The molecule has 0 radical (unpaired) electrons. The smallest absolute Gasteiger partial charge is 0.0622 e. The summed E-state index contributed by atoms with van der Waals surface area (Å²) in [6.45, 7) is 4.16. The van der Waals surface area contributed by atoms with Gasteiger partial charge in [-0.1, -0.05) is 35.9 Å². The molecule has 0 aliphatic heterocycles. The minimum Gasteiger partial charge on any atom is -0.0622 e. The lowest BCUT2D eigenvalue weighted by atomic mass is 9.97. The highest BCUT2D eigenvalue weighted by molar-refractivity contribution is 7.46. The molecule has 2 aromatic carbocycles. The van der Waals surface area contributed by atoms with Gasteiger partial charge in [-0.15, -0.1) is 0 Å². The standard InChI is InChI=1S/C15H14NS/c1-11-8-9-12(2)14(10-11)15(16-17)13-6-4-3-5-7-13/h3-10H,1-2H3/q+1. The Labute approximate surface area is 107 Å². The van der Waals surface area contributed by atoms with Gasteiger partial charge in [-0.3, -0.25) is 0 Å². The van der Waals surface area contributed by atoms with Gasteiger partial charge in [0, 0.05) is 4.04 Å². The van der Waals surface area contributed by atoms with E-state index in [1.165, 1.54) is 11.1 Å². The minimum atomic E-state index is 0.877. The maximum Gasteiger partial charge on any atom is 0.422 e. The number of aryl methyl sites for hydroxylation is 2. The molecule has 0 aromatic heterocycles. The number of rotatable bonds is 2. The molecular formula is C15H14NS+. The molecule has 0 bridgehead atoms. The molecule has 0 amide bonds. The maximum atomic E-state index is 4.93. The van der Waals surface area contributed by atoms with E-state index in [1.54, 1.807) is 0 Å². The second kappa shape index (κ2) is 5.05. The van der Waals surface area contributed by atoms with Crippen molar-refractivity contribution in [3.8, 4) is 0 Å². The Morgan fingerprint density at radius 2 is 1.71 bits per heavy atom. The van der Waals surface area contributed by atoms with Gasteiger partial charge in [0.1, 0.15) is 0 Å². The average Bonchev–Trinajstić information content (AvgIpc) is 2.36. The van der Waals surface area contributed by atoms with E-state index in [0.717, 1.165) is 16.8 Å². The number of benzene rings is 2. The molecule has 0 fully saturated rings. The van der Waals surface area contributed by atoms with Crippen molar-refractivity contribution in [1.82, 2.24) is 4.04 Å². The van der Waals surface area contributed by atoms with E-state index in [9.17, 15) is 0 Å². The second-order valence-corrected chi connectivity index (χ2v) is 4.31. The van der Waals surface area contributed by atoms with Crippen LogP contribution in [0.5, 0.6) is 0 Å². The molecule has 0 spiro atoms. The summed E-state index contributed by atoms with van der Waals surface area (Å²) in [5.41, 5.74) is 5.48. The summed E-state index contributed by atoms with van der Waals surface area (Å²) in [4.78, 5) is 0. The monoisotopic (exact) mass is 240 g/mol. The molecule has 1 nitrogen and oxygen atoms in total. The number of hydrogen-bond acceptors (Lipinski definition) is 1. The van der Waals surface area contributed by atoms with Crippen LogP contribution in [-0.4, -0.2) is 5.71 Å². The van der Waals surface area contributed by atoms with Gasteiger partial charge < -0.3 is 0 Å². The highest BCUT2D eigenvalue weighted by Crippen LogP contribution is 2.15. The molecule has 2 aromatic rings. The van der Waals surface area contributed by atoms with Crippen molar-refractivity contribution in [3.05, 3.63) is 70.8 Å². The van der Waals surface area contributed by atoms with Crippen LogP contribution in [0.2, 0.25) is 0 Å². The summed E-state index contributed by atoms with van der Waals surface area (Å²) in [6.07, 6.45) is 0. The summed E-state index contributed by atoms with van der Waals surface area (Å²) in [6, 6.07) is 16.4. The zero-order valence-electron chi connectivity index (χ0n) is 9.97. The molecule has 84 valence electrons. The Morgan fingerprint density at radius 1 is 1.00 bits per heavy atom. The molecule has 0 saturated heterocycles. The lowest BCUT2D eigenvalue weighted by molar-refractivity contribution is 1.36. The molecule has 0 heterocycles. The molecule has 0 aliphatic carbocycles. The van der Waals surface area contributed by atoms with Gasteiger partial charge in [0.25, 0.3) is 0 Å². The summed E-state index contributed by atoms with van der Waals surface area (Å²) in [5, 5.41) is 0. The number of nitrogens with zero attached hydrogens (tertiary/aromatic N) is 1. The first-order valence-corrected chi connectivity index (χ1v) is 5.92. The van der Waals surface area contributed by atoms with E-state index in [4.69, 9.17) is 12.4 Å². The third kappa shape index (κ3) is 2.50. The molecule has 0 unspecified atom stereocenters. The van der Waals surface area contributed by atoms with Crippen LogP contribution in [0.3, 0.4) is 0 Å². The SMILES string of the molecule is Cc1ccc(C)c(C(=[N+]=S)c2ccccc2)c1. The van der Waals surface area contributed by atoms with Gasteiger partial charge in [0.2, 0.25) is 0 Å². The molecule has 2 rings (SSSR count). The van der Waals surface area contributed by atoms with Crippen molar-refractivity contribution in [1.29, 1.82) is 0 Å². The molecule has 0 atom stereocenters. The summed E-state index contributed by atoms with van der Waals surface area (Å²) < 4.78 is 4.03. The van der Waals surface area contributed by atoms with E-state index in [0.29, 0.717) is 0 Å². The Kier molecular flexibility index (Phi) is 3.48. The fourth-order valence-electron chi connectivity index (χ4n) is 1.84. The van der Waals surface area contributed by atoms with Crippen molar-refractivity contribution in [2.24, 2.45) is 0 Å². The Hall–Kier alpha value is -1.76. The Balaban J connectivity index is 2.59. The third-order valence-corrected chi connectivity index (χ3v) is 2.97. The number of hydrogen-bond donors (Lipinski definition) is 0. The van der Waals surface area contributed by atoms with Gasteiger partial charge in [-0.05, 0) is 37.6 Å². The maximum absolute atomic E-state index is 4.93. The van der Waals surface area contributed by atoms with Gasteiger partial charge >= 0.3 is 18.1 Å². The minimum absolute atomic E-state index is 0.877. The predicted molar refractivity (Wildman–Crippen MR) is 75.1 cm³/mol. The van der Waals surface area contributed by atoms with E-state index < -0.39 is 0 Å². The first kappa shape index (κ1) is 11.7. The quantitative estimate of drug-likeness (QED) is 0.581. The molecule has 2 heteroatoms. The van der Waals surface area contributed by atoms with Crippen molar-refractivity contribution in [2.45, 2.75) is 13.8 Å².